The van der Waals surface area contributed by atoms with Gasteiger partial charge >= 0.3 is 0 Å². The van der Waals surface area contributed by atoms with Crippen LogP contribution in [0.1, 0.15) is 71.3 Å². The van der Waals surface area contributed by atoms with Crippen molar-refractivity contribution in [2.45, 2.75) is 63.8 Å². The first kappa shape index (κ1) is 20.5. The van der Waals surface area contributed by atoms with E-state index in [0.29, 0.717) is 10.6 Å². The molecule has 158 valence electrons. The van der Waals surface area contributed by atoms with Gasteiger partial charge in [-0.2, -0.15) is 0 Å². The number of non-ortho nitro benzene ring substituents is 1. The fourth-order valence-electron chi connectivity index (χ4n) is 4.26. The Morgan fingerprint density at radius 1 is 1.17 bits per heavy atom. The molecular formula is C22H24N3O4S-. The van der Waals surface area contributed by atoms with E-state index >= 15 is 0 Å². The van der Waals surface area contributed by atoms with Gasteiger partial charge in [0.25, 0.3) is 11.6 Å². The van der Waals surface area contributed by atoms with Crippen molar-refractivity contribution in [2.24, 2.45) is 4.99 Å². The monoisotopic (exact) mass is 426 g/mol. The molecule has 1 amide bonds. The van der Waals surface area contributed by atoms with Gasteiger partial charge in [-0.1, -0.05) is 31.1 Å². The molecule has 1 heterocycles. The van der Waals surface area contributed by atoms with E-state index in [1.54, 1.807) is 0 Å². The summed E-state index contributed by atoms with van der Waals surface area (Å²) in [7, 11) is 0. The Hall–Kier alpha value is -2.74. The van der Waals surface area contributed by atoms with Crippen molar-refractivity contribution in [3.8, 4) is 5.75 Å². The highest BCUT2D eigenvalue weighted by Gasteiger charge is 2.27. The number of rotatable bonds is 5. The van der Waals surface area contributed by atoms with Crippen LogP contribution < -0.4 is 10.4 Å². The van der Waals surface area contributed by atoms with Crippen molar-refractivity contribution < 1.29 is 14.8 Å². The lowest BCUT2D eigenvalue weighted by Gasteiger charge is -2.23. The largest absolute Gasteiger partial charge is 0.872 e. The third kappa shape index (κ3) is 4.38. The Morgan fingerprint density at radius 2 is 1.93 bits per heavy atom. The lowest BCUT2D eigenvalue weighted by Crippen LogP contribution is -2.36. The average molecular weight is 427 g/mol. The van der Waals surface area contributed by atoms with Crippen LogP contribution in [0, 0.1) is 10.1 Å². The Kier molecular flexibility index (Phi) is 6.13. The van der Waals surface area contributed by atoms with E-state index in [9.17, 15) is 20.0 Å². The van der Waals surface area contributed by atoms with Crippen molar-refractivity contribution in [1.82, 2.24) is 5.32 Å². The number of hydrogen-bond acceptors (Lipinski definition) is 6. The number of amides is 1. The molecule has 0 aliphatic heterocycles. The van der Waals surface area contributed by atoms with Crippen LogP contribution in [0.2, 0.25) is 0 Å². The standard InChI is InChI=1S/C22H25N3O4S/c26-18-11-10-16(25(28)29)12-14(18)13-23-22-20(17-8-4-5-9-19(17)30-22)21(27)24-15-6-2-1-3-7-15/h10-13,15,26H,1-9H2,(H,24,27)/p-1. The second kappa shape index (κ2) is 8.95. The van der Waals surface area contributed by atoms with E-state index in [0.717, 1.165) is 56.9 Å². The fourth-order valence-corrected chi connectivity index (χ4v) is 5.49. The first-order valence-corrected chi connectivity index (χ1v) is 11.3. The molecule has 0 unspecified atom stereocenters. The summed E-state index contributed by atoms with van der Waals surface area (Å²) in [5.74, 6) is -0.422. The molecule has 2 aliphatic rings. The van der Waals surface area contributed by atoms with Gasteiger partial charge in [0.2, 0.25) is 0 Å². The molecule has 30 heavy (non-hydrogen) atoms. The second-order valence-corrected chi connectivity index (χ2v) is 9.02. The smallest absolute Gasteiger partial charge is 0.270 e. The number of hydrogen-bond donors (Lipinski definition) is 1. The molecule has 1 aromatic carbocycles. The Morgan fingerprint density at radius 3 is 2.70 bits per heavy atom. The van der Waals surface area contributed by atoms with Gasteiger partial charge in [-0.15, -0.1) is 11.3 Å². The summed E-state index contributed by atoms with van der Waals surface area (Å²) in [6.07, 6.45) is 10.8. The zero-order valence-corrected chi connectivity index (χ0v) is 17.5. The first-order valence-electron chi connectivity index (χ1n) is 10.5. The normalized spacial score (nSPS) is 17.1. The van der Waals surface area contributed by atoms with Gasteiger partial charge in [0.05, 0.1) is 10.5 Å². The van der Waals surface area contributed by atoms with Crippen molar-refractivity contribution in [3.05, 3.63) is 49.9 Å². The van der Waals surface area contributed by atoms with Gasteiger partial charge < -0.3 is 10.4 Å². The van der Waals surface area contributed by atoms with Gasteiger partial charge in [-0.3, -0.25) is 14.9 Å². The van der Waals surface area contributed by atoms with E-state index in [-0.39, 0.29) is 28.9 Å². The third-order valence-electron chi connectivity index (χ3n) is 5.85. The molecule has 7 nitrogen and oxygen atoms in total. The third-order valence-corrected chi connectivity index (χ3v) is 7.05. The number of benzene rings is 1. The molecular weight excluding hydrogens is 402 g/mol. The maximum absolute atomic E-state index is 13.2. The van der Waals surface area contributed by atoms with E-state index in [1.165, 1.54) is 47.0 Å². The highest BCUT2D eigenvalue weighted by Crippen LogP contribution is 2.40. The first-order chi connectivity index (χ1) is 14.5. The summed E-state index contributed by atoms with van der Waals surface area (Å²) in [5.41, 5.74) is 1.69. The summed E-state index contributed by atoms with van der Waals surface area (Å²) in [6, 6.07) is 3.79. The summed E-state index contributed by atoms with van der Waals surface area (Å²) >= 11 is 1.49. The summed E-state index contributed by atoms with van der Waals surface area (Å²) in [4.78, 5) is 29.3. The Balaban J connectivity index is 1.65. The summed E-state index contributed by atoms with van der Waals surface area (Å²) < 4.78 is 0. The molecule has 2 aromatic rings. The lowest BCUT2D eigenvalue weighted by molar-refractivity contribution is -0.385. The van der Waals surface area contributed by atoms with Gasteiger partial charge in [-0.05, 0) is 49.7 Å². The molecule has 0 bridgehead atoms. The predicted molar refractivity (Wildman–Crippen MR) is 115 cm³/mol. The van der Waals surface area contributed by atoms with Crippen LogP contribution in [-0.4, -0.2) is 23.1 Å². The van der Waals surface area contributed by atoms with Crippen molar-refractivity contribution in [1.29, 1.82) is 0 Å². The minimum Gasteiger partial charge on any atom is -0.872 e. The van der Waals surface area contributed by atoms with Crippen molar-refractivity contribution >= 4 is 34.1 Å². The van der Waals surface area contributed by atoms with E-state index < -0.39 is 4.92 Å². The number of nitro benzene ring substituents is 1. The SMILES string of the molecule is O=C(NC1CCCCC1)c1c(N=Cc2cc([N+](=O)[O-])ccc2[O-])sc2c1CCCC2. The van der Waals surface area contributed by atoms with Crippen LogP contribution in [0.5, 0.6) is 5.75 Å². The lowest BCUT2D eigenvalue weighted by atomic mass is 9.93. The summed E-state index contributed by atoms with van der Waals surface area (Å²) in [6.45, 7) is 0. The number of fused-ring (bicyclic) bond motifs is 1. The maximum atomic E-state index is 13.2. The van der Waals surface area contributed by atoms with Crippen molar-refractivity contribution in [3.63, 3.8) is 0 Å². The summed E-state index contributed by atoms with van der Waals surface area (Å²) in [5, 5.41) is 26.9. The molecule has 1 saturated carbocycles. The topological polar surface area (TPSA) is 108 Å². The van der Waals surface area contributed by atoms with Gasteiger partial charge in [0.1, 0.15) is 5.00 Å². The minimum atomic E-state index is -0.538. The van der Waals surface area contributed by atoms with Crippen LogP contribution in [0.25, 0.3) is 0 Å². The number of carbonyl (C=O) groups is 1. The molecule has 8 heteroatoms. The molecule has 4 rings (SSSR count). The van der Waals surface area contributed by atoms with Gasteiger partial charge in [-0.25, -0.2) is 4.99 Å². The van der Waals surface area contributed by atoms with Gasteiger partial charge in [0, 0.05) is 29.3 Å². The van der Waals surface area contributed by atoms with Crippen LogP contribution in [-0.2, 0) is 12.8 Å². The van der Waals surface area contributed by atoms with Crippen LogP contribution >= 0.6 is 11.3 Å². The highest BCUT2D eigenvalue weighted by atomic mass is 32.1. The molecule has 0 atom stereocenters. The zero-order chi connectivity index (χ0) is 21.1. The molecule has 0 spiro atoms. The average Bonchev–Trinajstić information content (AvgIpc) is 3.12. The van der Waals surface area contributed by atoms with E-state index in [1.807, 2.05) is 0 Å². The Labute approximate surface area is 179 Å². The van der Waals surface area contributed by atoms with E-state index in [4.69, 9.17) is 0 Å². The number of nitrogens with zero attached hydrogens (tertiary/aromatic N) is 2. The van der Waals surface area contributed by atoms with Crippen molar-refractivity contribution in [2.75, 3.05) is 0 Å². The number of nitrogens with one attached hydrogen (secondary N) is 1. The molecule has 1 aromatic heterocycles. The quantitative estimate of drug-likeness (QED) is 0.434. The minimum absolute atomic E-state index is 0.0881. The number of thiophene rings is 1. The fraction of sp³-hybridized carbons (Fsp3) is 0.455. The number of carbonyl (C=O) groups excluding carboxylic acids is 1. The molecule has 1 N–H and O–H groups in total. The molecule has 1 fully saturated rings. The number of aryl methyl sites for hydroxylation is 1. The number of aliphatic imine (C=N–C) groups is 1. The van der Waals surface area contributed by atoms with Crippen LogP contribution in [0.15, 0.2) is 23.2 Å². The zero-order valence-electron chi connectivity index (χ0n) is 16.7. The Bertz CT molecular complexity index is 993. The number of nitro groups is 1. The second-order valence-electron chi connectivity index (χ2n) is 7.94. The van der Waals surface area contributed by atoms with E-state index in [2.05, 4.69) is 10.3 Å². The molecule has 0 saturated heterocycles. The van der Waals surface area contributed by atoms with Gasteiger partial charge in [0.15, 0.2) is 0 Å². The highest BCUT2D eigenvalue weighted by molar-refractivity contribution is 7.16. The predicted octanol–water partition coefficient (Wildman–Crippen LogP) is 4.42. The molecule has 0 radical (unpaired) electrons. The maximum Gasteiger partial charge on any atom is 0.270 e. The van der Waals surface area contributed by atoms with Crippen LogP contribution in [0.4, 0.5) is 10.7 Å². The molecule has 2 aliphatic carbocycles. The van der Waals surface area contributed by atoms with Crippen LogP contribution in [0.3, 0.4) is 0 Å².